The molecule has 1 aromatic carbocycles. The summed E-state index contributed by atoms with van der Waals surface area (Å²) < 4.78 is 35.7. The molecule has 1 atom stereocenters. The molecular weight excluding hydrogens is 241 g/mol. The molecule has 0 bridgehead atoms. The average Bonchev–Trinajstić information content (AvgIpc) is 2.28. The third-order valence-corrected chi connectivity index (χ3v) is 2.84. The normalized spacial score (nSPS) is 13.6. The van der Waals surface area contributed by atoms with E-state index in [9.17, 15) is 18.3 Å². The Morgan fingerprint density at radius 1 is 1.00 bits per heavy atom. The van der Waals surface area contributed by atoms with Gasteiger partial charge in [-0.25, -0.2) is 0 Å². The topological polar surface area (TPSA) is 20.2 Å². The number of benzene rings is 1. The first kappa shape index (κ1) is 15.0. The summed E-state index contributed by atoms with van der Waals surface area (Å²) in [7, 11) is 0. The molecular formula is C14H19F3O. The second kappa shape index (κ2) is 7.41. The number of hydrogen-bond donors (Lipinski definition) is 1. The molecule has 0 saturated heterocycles. The lowest BCUT2D eigenvalue weighted by Crippen LogP contribution is -2.11. The number of rotatable bonds is 7. The van der Waals surface area contributed by atoms with Crippen molar-refractivity contribution in [3.05, 3.63) is 35.9 Å². The molecule has 4 heteroatoms. The van der Waals surface area contributed by atoms with Crippen LogP contribution in [0.3, 0.4) is 0 Å². The van der Waals surface area contributed by atoms with Gasteiger partial charge in [-0.2, -0.15) is 13.2 Å². The molecule has 0 fully saturated rings. The van der Waals surface area contributed by atoms with E-state index in [1.165, 1.54) is 5.56 Å². The van der Waals surface area contributed by atoms with E-state index in [-0.39, 0.29) is 12.8 Å². The van der Waals surface area contributed by atoms with Crippen LogP contribution >= 0.6 is 0 Å². The lowest BCUT2D eigenvalue weighted by molar-refractivity contribution is -0.136. The van der Waals surface area contributed by atoms with Crippen molar-refractivity contribution < 1.29 is 18.3 Å². The molecule has 1 nitrogen and oxygen atoms in total. The van der Waals surface area contributed by atoms with E-state index >= 15 is 0 Å². The van der Waals surface area contributed by atoms with Crippen LogP contribution in [0.4, 0.5) is 13.2 Å². The quantitative estimate of drug-likeness (QED) is 0.782. The van der Waals surface area contributed by atoms with Crippen molar-refractivity contribution in [1.29, 1.82) is 0 Å². The van der Waals surface area contributed by atoms with Crippen LogP contribution in [0.15, 0.2) is 30.3 Å². The fourth-order valence-electron chi connectivity index (χ4n) is 1.87. The van der Waals surface area contributed by atoms with E-state index in [2.05, 4.69) is 0 Å². The number of aliphatic hydroxyl groups excluding tert-OH is 1. The molecule has 0 amide bonds. The van der Waals surface area contributed by atoms with E-state index in [4.69, 9.17) is 0 Å². The summed E-state index contributed by atoms with van der Waals surface area (Å²) in [5, 5.41) is 9.56. The van der Waals surface area contributed by atoms with Crippen molar-refractivity contribution in [2.45, 2.75) is 50.8 Å². The zero-order valence-corrected chi connectivity index (χ0v) is 10.3. The van der Waals surface area contributed by atoms with Crippen LogP contribution in [-0.2, 0) is 6.42 Å². The molecule has 1 N–H and O–H groups in total. The second-order valence-corrected chi connectivity index (χ2v) is 4.54. The smallest absolute Gasteiger partial charge is 0.389 e. The van der Waals surface area contributed by atoms with Gasteiger partial charge in [-0.05, 0) is 37.7 Å². The van der Waals surface area contributed by atoms with Crippen LogP contribution in [0.5, 0.6) is 0 Å². The molecule has 0 heterocycles. The van der Waals surface area contributed by atoms with Gasteiger partial charge in [-0.1, -0.05) is 30.3 Å². The third kappa shape index (κ3) is 7.33. The number of aryl methyl sites for hydroxylation is 1. The zero-order valence-electron chi connectivity index (χ0n) is 10.3. The molecule has 0 aliphatic heterocycles. The molecule has 0 spiro atoms. The Morgan fingerprint density at radius 3 is 2.22 bits per heavy atom. The first-order valence-corrected chi connectivity index (χ1v) is 6.26. The first-order chi connectivity index (χ1) is 8.47. The van der Waals surface area contributed by atoms with E-state index in [0.29, 0.717) is 6.42 Å². The van der Waals surface area contributed by atoms with E-state index in [0.717, 1.165) is 12.8 Å². The minimum Gasteiger partial charge on any atom is -0.393 e. The van der Waals surface area contributed by atoms with Gasteiger partial charge in [0.1, 0.15) is 0 Å². The first-order valence-electron chi connectivity index (χ1n) is 6.26. The van der Waals surface area contributed by atoms with Crippen LogP contribution in [0, 0.1) is 0 Å². The van der Waals surface area contributed by atoms with Crippen LogP contribution < -0.4 is 0 Å². The predicted octanol–water partition coefficient (Wildman–Crippen LogP) is 4.10. The molecule has 0 aliphatic carbocycles. The molecule has 0 aromatic heterocycles. The highest BCUT2D eigenvalue weighted by Crippen LogP contribution is 2.23. The standard InChI is InChI=1S/C14H19F3O/c15-14(16,17)11-5-10-13(18)9-4-8-12-6-2-1-3-7-12/h1-3,6-7,13,18H,4-5,8-11H2. The maximum atomic E-state index is 11.9. The van der Waals surface area contributed by atoms with Gasteiger partial charge >= 0.3 is 6.18 Å². The maximum absolute atomic E-state index is 11.9. The zero-order chi connectivity index (χ0) is 13.4. The lowest BCUT2D eigenvalue weighted by Gasteiger charge is -2.11. The van der Waals surface area contributed by atoms with Gasteiger partial charge in [0.05, 0.1) is 6.10 Å². The summed E-state index contributed by atoms with van der Waals surface area (Å²) in [6.45, 7) is 0. The molecule has 0 aliphatic rings. The van der Waals surface area contributed by atoms with Gasteiger partial charge in [0.25, 0.3) is 0 Å². The highest BCUT2D eigenvalue weighted by molar-refractivity contribution is 5.14. The maximum Gasteiger partial charge on any atom is 0.389 e. The van der Waals surface area contributed by atoms with Crippen molar-refractivity contribution in [3.63, 3.8) is 0 Å². The number of aliphatic hydroxyl groups is 1. The Morgan fingerprint density at radius 2 is 1.61 bits per heavy atom. The number of halogens is 3. The summed E-state index contributed by atoms with van der Waals surface area (Å²) in [6, 6.07) is 9.87. The van der Waals surface area contributed by atoms with Crippen molar-refractivity contribution in [3.8, 4) is 0 Å². The van der Waals surface area contributed by atoms with Gasteiger partial charge in [-0.15, -0.1) is 0 Å². The van der Waals surface area contributed by atoms with Gasteiger partial charge in [0.15, 0.2) is 0 Å². The Balaban J connectivity index is 2.09. The molecule has 18 heavy (non-hydrogen) atoms. The van der Waals surface area contributed by atoms with Crippen LogP contribution in [0.25, 0.3) is 0 Å². The van der Waals surface area contributed by atoms with Crippen LogP contribution in [-0.4, -0.2) is 17.4 Å². The van der Waals surface area contributed by atoms with Crippen molar-refractivity contribution in [2.24, 2.45) is 0 Å². The summed E-state index contributed by atoms with van der Waals surface area (Å²) in [5.74, 6) is 0. The molecule has 1 aromatic rings. The molecule has 102 valence electrons. The monoisotopic (exact) mass is 260 g/mol. The molecule has 1 unspecified atom stereocenters. The Labute approximate surface area is 106 Å². The van der Waals surface area contributed by atoms with Crippen molar-refractivity contribution >= 4 is 0 Å². The van der Waals surface area contributed by atoms with Gasteiger partial charge in [0, 0.05) is 6.42 Å². The summed E-state index contributed by atoms with van der Waals surface area (Å²) >= 11 is 0. The van der Waals surface area contributed by atoms with Crippen molar-refractivity contribution in [1.82, 2.24) is 0 Å². The fourth-order valence-corrected chi connectivity index (χ4v) is 1.87. The van der Waals surface area contributed by atoms with Gasteiger partial charge in [-0.3, -0.25) is 0 Å². The largest absolute Gasteiger partial charge is 0.393 e. The highest BCUT2D eigenvalue weighted by atomic mass is 19.4. The molecule has 0 radical (unpaired) electrons. The molecule has 0 saturated carbocycles. The van der Waals surface area contributed by atoms with E-state index < -0.39 is 18.7 Å². The number of alkyl halides is 3. The number of hydrogen-bond acceptors (Lipinski definition) is 1. The lowest BCUT2D eigenvalue weighted by atomic mass is 10.0. The second-order valence-electron chi connectivity index (χ2n) is 4.54. The Hall–Kier alpha value is -1.03. The minimum atomic E-state index is -4.11. The SMILES string of the molecule is OC(CCCc1ccccc1)CCCC(F)(F)F. The van der Waals surface area contributed by atoms with Crippen LogP contribution in [0.2, 0.25) is 0 Å². The third-order valence-electron chi connectivity index (χ3n) is 2.84. The summed E-state index contributed by atoms with van der Waals surface area (Å²) in [6.07, 6.45) is -3.06. The van der Waals surface area contributed by atoms with Gasteiger partial charge < -0.3 is 5.11 Å². The average molecular weight is 260 g/mol. The predicted molar refractivity (Wildman–Crippen MR) is 65.3 cm³/mol. The van der Waals surface area contributed by atoms with Gasteiger partial charge in [0.2, 0.25) is 0 Å². The summed E-state index contributed by atoms with van der Waals surface area (Å²) in [4.78, 5) is 0. The fraction of sp³-hybridized carbons (Fsp3) is 0.571. The van der Waals surface area contributed by atoms with Crippen LogP contribution in [0.1, 0.15) is 37.7 Å². The Kier molecular flexibility index (Phi) is 6.19. The summed E-state index contributed by atoms with van der Waals surface area (Å²) in [5.41, 5.74) is 1.19. The molecule has 1 rings (SSSR count). The Bertz CT molecular complexity index is 322. The highest BCUT2D eigenvalue weighted by Gasteiger charge is 2.26. The van der Waals surface area contributed by atoms with E-state index in [1.807, 2.05) is 30.3 Å². The minimum absolute atomic E-state index is 0.00992. The van der Waals surface area contributed by atoms with Crippen molar-refractivity contribution in [2.75, 3.05) is 0 Å². The van der Waals surface area contributed by atoms with E-state index in [1.54, 1.807) is 0 Å².